The highest BCUT2D eigenvalue weighted by molar-refractivity contribution is 5.94. The highest BCUT2D eigenvalue weighted by Crippen LogP contribution is 2.17. The van der Waals surface area contributed by atoms with Crippen LogP contribution in [-0.2, 0) is 6.54 Å². The summed E-state index contributed by atoms with van der Waals surface area (Å²) < 4.78 is 5.14. The Morgan fingerprint density at radius 2 is 1.76 bits per heavy atom. The standard InChI is InChI=1S/C18H21NO2/c1-12-8-13(2)17(14(3)9-12)11-19-18(20)15-6-5-7-16(10-15)21-4/h5-10H,11H2,1-4H3,(H,19,20). The fourth-order valence-electron chi connectivity index (χ4n) is 2.52. The molecule has 3 nitrogen and oxygen atoms in total. The third kappa shape index (κ3) is 3.63. The lowest BCUT2D eigenvalue weighted by Gasteiger charge is -2.12. The van der Waals surface area contributed by atoms with E-state index in [1.807, 2.05) is 12.1 Å². The molecule has 2 rings (SSSR count). The largest absolute Gasteiger partial charge is 0.497 e. The topological polar surface area (TPSA) is 38.3 Å². The van der Waals surface area contributed by atoms with E-state index in [1.165, 1.54) is 22.3 Å². The summed E-state index contributed by atoms with van der Waals surface area (Å²) in [7, 11) is 1.59. The normalized spacial score (nSPS) is 10.3. The fourth-order valence-corrected chi connectivity index (χ4v) is 2.52. The maximum absolute atomic E-state index is 12.2. The van der Waals surface area contributed by atoms with Gasteiger partial charge in [-0.1, -0.05) is 23.8 Å². The van der Waals surface area contributed by atoms with E-state index >= 15 is 0 Å². The number of carbonyl (C=O) groups is 1. The van der Waals surface area contributed by atoms with Crippen molar-refractivity contribution in [1.29, 1.82) is 0 Å². The zero-order chi connectivity index (χ0) is 15.4. The van der Waals surface area contributed by atoms with Gasteiger partial charge < -0.3 is 10.1 Å². The molecule has 110 valence electrons. The molecule has 21 heavy (non-hydrogen) atoms. The summed E-state index contributed by atoms with van der Waals surface area (Å²) in [5, 5.41) is 2.97. The Kier molecular flexibility index (Phi) is 4.63. The second-order valence-electron chi connectivity index (χ2n) is 5.29. The van der Waals surface area contributed by atoms with Gasteiger partial charge in [-0.3, -0.25) is 4.79 Å². The Balaban J connectivity index is 2.11. The summed E-state index contributed by atoms with van der Waals surface area (Å²) >= 11 is 0. The van der Waals surface area contributed by atoms with Crippen molar-refractivity contribution < 1.29 is 9.53 Å². The van der Waals surface area contributed by atoms with E-state index in [9.17, 15) is 4.79 Å². The van der Waals surface area contributed by atoms with Gasteiger partial charge in [0.05, 0.1) is 7.11 Å². The minimum Gasteiger partial charge on any atom is -0.497 e. The first kappa shape index (κ1) is 15.1. The summed E-state index contributed by atoms with van der Waals surface area (Å²) in [6.45, 7) is 6.77. The summed E-state index contributed by atoms with van der Waals surface area (Å²) in [6, 6.07) is 11.4. The number of amides is 1. The molecule has 2 aromatic rings. The van der Waals surface area contributed by atoms with Crippen molar-refractivity contribution in [3.05, 3.63) is 64.2 Å². The number of methoxy groups -OCH3 is 1. The first-order chi connectivity index (χ1) is 10.0. The molecule has 0 spiro atoms. The molecule has 2 aromatic carbocycles. The molecule has 0 aliphatic rings. The van der Waals surface area contributed by atoms with Crippen molar-refractivity contribution in [2.75, 3.05) is 7.11 Å². The number of rotatable bonds is 4. The number of nitrogens with one attached hydrogen (secondary N) is 1. The van der Waals surface area contributed by atoms with E-state index in [2.05, 4.69) is 38.2 Å². The lowest BCUT2D eigenvalue weighted by Crippen LogP contribution is -2.23. The van der Waals surface area contributed by atoms with Crippen LogP contribution in [0.1, 0.15) is 32.6 Å². The monoisotopic (exact) mass is 283 g/mol. The molecule has 0 radical (unpaired) electrons. The Hall–Kier alpha value is -2.29. The summed E-state index contributed by atoms with van der Waals surface area (Å²) in [4.78, 5) is 12.2. The lowest BCUT2D eigenvalue weighted by atomic mass is 10.00. The van der Waals surface area contributed by atoms with Crippen LogP contribution in [0.15, 0.2) is 36.4 Å². The molecular weight excluding hydrogens is 262 g/mol. The molecule has 1 N–H and O–H groups in total. The summed E-state index contributed by atoms with van der Waals surface area (Å²) in [5.41, 5.74) is 5.44. The maximum Gasteiger partial charge on any atom is 0.251 e. The molecule has 0 aliphatic carbocycles. The molecule has 0 bridgehead atoms. The number of hydrogen-bond donors (Lipinski definition) is 1. The van der Waals surface area contributed by atoms with Gasteiger partial charge in [0.1, 0.15) is 5.75 Å². The predicted molar refractivity (Wildman–Crippen MR) is 84.8 cm³/mol. The van der Waals surface area contributed by atoms with Gasteiger partial charge in [-0.15, -0.1) is 0 Å². The number of hydrogen-bond acceptors (Lipinski definition) is 2. The van der Waals surface area contributed by atoms with Gasteiger partial charge in [-0.25, -0.2) is 0 Å². The van der Waals surface area contributed by atoms with Crippen LogP contribution >= 0.6 is 0 Å². The third-order valence-electron chi connectivity index (χ3n) is 3.60. The number of carbonyl (C=O) groups excluding carboxylic acids is 1. The molecule has 0 saturated heterocycles. The van der Waals surface area contributed by atoms with Crippen LogP contribution in [0.5, 0.6) is 5.75 Å². The van der Waals surface area contributed by atoms with Crippen LogP contribution < -0.4 is 10.1 Å². The van der Waals surface area contributed by atoms with Crippen LogP contribution in [0.3, 0.4) is 0 Å². The summed E-state index contributed by atoms with van der Waals surface area (Å²) in [5.74, 6) is 0.596. The van der Waals surface area contributed by atoms with Gasteiger partial charge in [-0.2, -0.15) is 0 Å². The van der Waals surface area contributed by atoms with E-state index in [-0.39, 0.29) is 5.91 Å². The van der Waals surface area contributed by atoms with Gasteiger partial charge in [0.25, 0.3) is 5.91 Å². The SMILES string of the molecule is COc1cccc(C(=O)NCc2c(C)cc(C)cc2C)c1. The lowest BCUT2D eigenvalue weighted by molar-refractivity contribution is 0.0950. The Morgan fingerprint density at radius 1 is 1.10 bits per heavy atom. The van der Waals surface area contributed by atoms with E-state index in [4.69, 9.17) is 4.74 Å². The first-order valence-electron chi connectivity index (χ1n) is 7.00. The van der Waals surface area contributed by atoms with Crippen molar-refractivity contribution in [3.8, 4) is 5.75 Å². The second kappa shape index (κ2) is 6.44. The number of ether oxygens (including phenoxy) is 1. The van der Waals surface area contributed by atoms with Crippen molar-refractivity contribution in [1.82, 2.24) is 5.32 Å². The van der Waals surface area contributed by atoms with Crippen molar-refractivity contribution in [2.24, 2.45) is 0 Å². The highest BCUT2D eigenvalue weighted by Gasteiger charge is 2.09. The van der Waals surface area contributed by atoms with Gasteiger partial charge in [0, 0.05) is 12.1 Å². The van der Waals surface area contributed by atoms with Gasteiger partial charge in [0.15, 0.2) is 0 Å². The van der Waals surface area contributed by atoms with Gasteiger partial charge in [0.2, 0.25) is 0 Å². The van der Waals surface area contributed by atoms with Crippen LogP contribution in [0, 0.1) is 20.8 Å². The number of benzene rings is 2. The number of aryl methyl sites for hydroxylation is 3. The second-order valence-corrected chi connectivity index (χ2v) is 5.29. The zero-order valence-corrected chi connectivity index (χ0v) is 13.0. The molecule has 0 aliphatic heterocycles. The molecule has 0 atom stereocenters. The smallest absolute Gasteiger partial charge is 0.251 e. The zero-order valence-electron chi connectivity index (χ0n) is 13.0. The van der Waals surface area contributed by atoms with Gasteiger partial charge in [-0.05, 0) is 55.7 Å². The molecule has 0 aromatic heterocycles. The Labute approximate surface area is 126 Å². The molecule has 0 saturated carbocycles. The van der Waals surface area contributed by atoms with E-state index in [0.717, 1.165) is 0 Å². The molecule has 0 fully saturated rings. The van der Waals surface area contributed by atoms with Crippen molar-refractivity contribution in [3.63, 3.8) is 0 Å². The quantitative estimate of drug-likeness (QED) is 0.932. The molecule has 1 amide bonds. The third-order valence-corrected chi connectivity index (χ3v) is 3.60. The molecule has 0 unspecified atom stereocenters. The van der Waals surface area contributed by atoms with Crippen LogP contribution in [0.2, 0.25) is 0 Å². The van der Waals surface area contributed by atoms with Crippen LogP contribution in [0.4, 0.5) is 0 Å². The van der Waals surface area contributed by atoms with Crippen molar-refractivity contribution >= 4 is 5.91 Å². The molecule has 3 heteroatoms. The predicted octanol–water partition coefficient (Wildman–Crippen LogP) is 3.55. The Morgan fingerprint density at radius 3 is 2.38 bits per heavy atom. The van der Waals surface area contributed by atoms with Crippen LogP contribution in [-0.4, -0.2) is 13.0 Å². The molecular formula is C18H21NO2. The first-order valence-corrected chi connectivity index (χ1v) is 7.00. The summed E-state index contributed by atoms with van der Waals surface area (Å²) in [6.07, 6.45) is 0. The van der Waals surface area contributed by atoms with E-state index in [0.29, 0.717) is 17.9 Å². The molecule has 0 heterocycles. The van der Waals surface area contributed by atoms with Crippen molar-refractivity contribution in [2.45, 2.75) is 27.3 Å². The average Bonchev–Trinajstić information content (AvgIpc) is 2.46. The van der Waals surface area contributed by atoms with Crippen LogP contribution in [0.25, 0.3) is 0 Å². The maximum atomic E-state index is 12.2. The fraction of sp³-hybridized carbons (Fsp3) is 0.278. The van der Waals surface area contributed by atoms with Gasteiger partial charge >= 0.3 is 0 Å². The minimum atomic E-state index is -0.0896. The Bertz CT molecular complexity index is 639. The van der Waals surface area contributed by atoms with E-state index in [1.54, 1.807) is 19.2 Å². The van der Waals surface area contributed by atoms with E-state index < -0.39 is 0 Å². The minimum absolute atomic E-state index is 0.0896. The highest BCUT2D eigenvalue weighted by atomic mass is 16.5. The average molecular weight is 283 g/mol.